The largest absolute Gasteiger partial charge is 0.384 e. The summed E-state index contributed by atoms with van der Waals surface area (Å²) >= 11 is 5.08. The van der Waals surface area contributed by atoms with E-state index in [-0.39, 0.29) is 22.1 Å². The van der Waals surface area contributed by atoms with Gasteiger partial charge in [-0.15, -0.1) is 0 Å². The zero-order valence-corrected chi connectivity index (χ0v) is 12.0. The lowest BCUT2D eigenvalue weighted by Crippen LogP contribution is -2.47. The highest BCUT2D eigenvalue weighted by Gasteiger charge is 2.39. The number of nitro groups is 1. The van der Waals surface area contributed by atoms with Gasteiger partial charge in [0.25, 0.3) is 5.69 Å². The fourth-order valence-electron chi connectivity index (χ4n) is 2.35. The van der Waals surface area contributed by atoms with Crippen LogP contribution in [0.3, 0.4) is 0 Å². The first-order valence-electron chi connectivity index (χ1n) is 6.11. The first-order valence-corrected chi connectivity index (χ1v) is 6.52. The van der Waals surface area contributed by atoms with Gasteiger partial charge in [0, 0.05) is 18.1 Å². The van der Waals surface area contributed by atoms with Gasteiger partial charge in [-0.25, -0.2) is 0 Å². The number of amides is 1. The molecule has 1 amide bonds. The Morgan fingerprint density at radius 1 is 1.41 bits per heavy atom. The number of hydrogen-bond acceptors (Lipinski definition) is 6. The first-order chi connectivity index (χ1) is 10.4. The van der Waals surface area contributed by atoms with E-state index in [2.05, 4.69) is 5.32 Å². The molecule has 1 heterocycles. The second kappa shape index (κ2) is 5.79. The minimum Gasteiger partial charge on any atom is -0.384 e. The number of carbonyl (C=O) groups excluding carboxylic acids is 1. The molecule has 2 atom stereocenters. The van der Waals surface area contributed by atoms with Crippen molar-refractivity contribution in [3.05, 3.63) is 51.3 Å². The number of nitrogens with one attached hydrogen (secondary N) is 1. The van der Waals surface area contributed by atoms with Gasteiger partial charge in [-0.2, -0.15) is 5.26 Å². The molecule has 0 spiro atoms. The Morgan fingerprint density at radius 2 is 2.00 bits per heavy atom. The van der Waals surface area contributed by atoms with E-state index in [1.54, 1.807) is 0 Å². The molecule has 0 aliphatic carbocycles. The van der Waals surface area contributed by atoms with E-state index >= 15 is 0 Å². The number of nitro benzene ring substituents is 1. The number of carbonyl (C=O) groups is 1. The summed E-state index contributed by atoms with van der Waals surface area (Å²) in [4.78, 5) is 22.0. The standard InChI is InChI=1S/C13H11N5O3S/c14-5-8-9(6-1-3-7(4-2-6)18(20)21)10(12(16)19)13(22)17-11(8)15/h1-4,9-10H,15H2,(H2,16,19)(H,17,22)/t9-,10+/m0/s1. The topological polar surface area (TPSA) is 148 Å². The summed E-state index contributed by atoms with van der Waals surface area (Å²) in [6, 6.07) is 7.41. The van der Waals surface area contributed by atoms with Gasteiger partial charge in [0.1, 0.15) is 11.7 Å². The molecular weight excluding hydrogens is 306 g/mol. The molecular formula is C13H11N5O3S. The van der Waals surface area contributed by atoms with Crippen molar-refractivity contribution in [1.29, 1.82) is 5.26 Å². The molecule has 5 N–H and O–H groups in total. The van der Waals surface area contributed by atoms with Crippen molar-refractivity contribution in [3.8, 4) is 6.07 Å². The SMILES string of the molecule is N#CC1=C(N)NC(=S)[C@@H](C(N)=O)[C@H]1c1ccc([N+](=O)[O-])cc1. The second-order valence-corrected chi connectivity index (χ2v) is 5.07. The normalized spacial score (nSPS) is 21.0. The van der Waals surface area contributed by atoms with Crippen LogP contribution >= 0.6 is 12.2 Å². The number of hydrogen-bond donors (Lipinski definition) is 3. The van der Waals surface area contributed by atoms with Crippen LogP contribution in [0.2, 0.25) is 0 Å². The Kier molecular flexibility index (Phi) is 4.05. The molecule has 112 valence electrons. The highest BCUT2D eigenvalue weighted by atomic mass is 32.1. The van der Waals surface area contributed by atoms with Gasteiger partial charge >= 0.3 is 0 Å². The third-order valence-corrected chi connectivity index (χ3v) is 3.72. The summed E-state index contributed by atoms with van der Waals surface area (Å²) in [6.07, 6.45) is 0. The summed E-state index contributed by atoms with van der Waals surface area (Å²) in [5, 5.41) is 22.6. The quantitative estimate of drug-likeness (QED) is 0.415. The number of rotatable bonds is 3. The maximum absolute atomic E-state index is 11.7. The lowest BCUT2D eigenvalue weighted by atomic mass is 9.78. The van der Waals surface area contributed by atoms with Crippen LogP contribution < -0.4 is 16.8 Å². The number of nitriles is 1. The van der Waals surface area contributed by atoms with Crippen molar-refractivity contribution in [2.75, 3.05) is 0 Å². The summed E-state index contributed by atoms with van der Waals surface area (Å²) in [5.41, 5.74) is 11.6. The number of non-ortho nitro benzene ring substituents is 1. The predicted molar refractivity (Wildman–Crippen MR) is 81.1 cm³/mol. The van der Waals surface area contributed by atoms with E-state index in [1.165, 1.54) is 24.3 Å². The Morgan fingerprint density at radius 3 is 2.45 bits per heavy atom. The fourth-order valence-corrected chi connectivity index (χ4v) is 2.71. The maximum atomic E-state index is 11.7. The van der Waals surface area contributed by atoms with Crippen LogP contribution in [0.25, 0.3) is 0 Å². The van der Waals surface area contributed by atoms with Crippen molar-refractivity contribution in [1.82, 2.24) is 5.32 Å². The van der Waals surface area contributed by atoms with Crippen LogP contribution in [0.15, 0.2) is 35.7 Å². The summed E-state index contributed by atoms with van der Waals surface area (Å²) < 4.78 is 0. The van der Waals surface area contributed by atoms with E-state index in [0.717, 1.165) is 0 Å². The Labute approximate surface area is 130 Å². The average molecular weight is 317 g/mol. The number of allylic oxidation sites excluding steroid dienone is 1. The smallest absolute Gasteiger partial charge is 0.269 e. The van der Waals surface area contributed by atoms with Gasteiger partial charge in [0.15, 0.2) is 0 Å². The van der Waals surface area contributed by atoms with Crippen molar-refractivity contribution >= 4 is 28.8 Å². The van der Waals surface area contributed by atoms with Crippen LogP contribution in [0.5, 0.6) is 0 Å². The molecule has 1 aromatic carbocycles. The van der Waals surface area contributed by atoms with Gasteiger partial charge in [0.2, 0.25) is 5.91 Å². The Hall–Kier alpha value is -2.99. The molecule has 0 saturated heterocycles. The molecule has 1 aromatic rings. The fraction of sp³-hybridized carbons (Fsp3) is 0.154. The van der Waals surface area contributed by atoms with Gasteiger partial charge in [-0.1, -0.05) is 24.4 Å². The zero-order valence-electron chi connectivity index (χ0n) is 11.1. The highest BCUT2D eigenvalue weighted by Crippen LogP contribution is 2.36. The lowest BCUT2D eigenvalue weighted by Gasteiger charge is -2.31. The molecule has 0 saturated carbocycles. The van der Waals surface area contributed by atoms with Crippen LogP contribution in [-0.4, -0.2) is 15.8 Å². The predicted octanol–water partition coefficient (Wildman–Crippen LogP) is 0.404. The van der Waals surface area contributed by atoms with Gasteiger partial charge in [0.05, 0.1) is 21.6 Å². The van der Waals surface area contributed by atoms with E-state index in [9.17, 15) is 20.2 Å². The van der Waals surface area contributed by atoms with E-state index < -0.39 is 22.7 Å². The van der Waals surface area contributed by atoms with Gasteiger partial charge < -0.3 is 16.8 Å². The minimum absolute atomic E-state index is 0.0494. The van der Waals surface area contributed by atoms with Gasteiger partial charge in [-0.3, -0.25) is 14.9 Å². The number of primary amides is 1. The van der Waals surface area contributed by atoms with E-state index in [4.69, 9.17) is 23.7 Å². The Bertz CT molecular complexity index is 735. The van der Waals surface area contributed by atoms with Crippen molar-refractivity contribution in [3.63, 3.8) is 0 Å². The monoisotopic (exact) mass is 317 g/mol. The van der Waals surface area contributed by atoms with Crippen LogP contribution in [-0.2, 0) is 4.79 Å². The second-order valence-electron chi connectivity index (χ2n) is 4.63. The molecule has 1 aliphatic heterocycles. The third kappa shape index (κ3) is 2.59. The number of thiocarbonyl (C=S) groups is 1. The van der Waals surface area contributed by atoms with Crippen LogP contribution in [0.4, 0.5) is 5.69 Å². The van der Waals surface area contributed by atoms with Crippen molar-refractivity contribution in [2.45, 2.75) is 5.92 Å². The molecule has 2 rings (SSSR count). The average Bonchev–Trinajstić information content (AvgIpc) is 2.46. The summed E-state index contributed by atoms with van der Waals surface area (Å²) in [5.74, 6) is -2.37. The molecule has 0 aromatic heterocycles. The van der Waals surface area contributed by atoms with Crippen molar-refractivity contribution in [2.24, 2.45) is 17.4 Å². The number of benzene rings is 1. The third-order valence-electron chi connectivity index (χ3n) is 3.36. The molecule has 22 heavy (non-hydrogen) atoms. The molecule has 0 radical (unpaired) electrons. The highest BCUT2D eigenvalue weighted by molar-refractivity contribution is 7.80. The molecule has 1 aliphatic rings. The summed E-state index contributed by atoms with van der Waals surface area (Å²) in [6.45, 7) is 0. The van der Waals surface area contributed by atoms with Gasteiger partial charge in [-0.05, 0) is 5.56 Å². The molecule has 0 unspecified atom stereocenters. The first kappa shape index (κ1) is 15.4. The number of nitrogens with two attached hydrogens (primary N) is 2. The maximum Gasteiger partial charge on any atom is 0.269 e. The van der Waals surface area contributed by atoms with Crippen molar-refractivity contribution < 1.29 is 9.72 Å². The lowest BCUT2D eigenvalue weighted by molar-refractivity contribution is -0.384. The molecule has 9 heteroatoms. The summed E-state index contributed by atoms with van der Waals surface area (Å²) in [7, 11) is 0. The van der Waals surface area contributed by atoms with E-state index in [0.29, 0.717) is 5.56 Å². The number of nitrogens with zero attached hydrogens (tertiary/aromatic N) is 2. The van der Waals surface area contributed by atoms with Crippen LogP contribution in [0, 0.1) is 27.4 Å². The molecule has 0 fully saturated rings. The Balaban J connectivity index is 2.57. The minimum atomic E-state index is -0.946. The zero-order chi connectivity index (χ0) is 16.4. The van der Waals surface area contributed by atoms with Crippen LogP contribution in [0.1, 0.15) is 11.5 Å². The van der Waals surface area contributed by atoms with E-state index in [1.807, 2.05) is 6.07 Å². The molecule has 8 nitrogen and oxygen atoms in total. The molecule has 0 bridgehead atoms.